The van der Waals surface area contributed by atoms with Crippen molar-refractivity contribution < 1.29 is 18.7 Å². The third-order valence-corrected chi connectivity index (χ3v) is 4.84. The van der Waals surface area contributed by atoms with Gasteiger partial charge in [0.2, 0.25) is 0 Å². The minimum Gasteiger partial charge on any atom is -0.456 e. The van der Waals surface area contributed by atoms with Crippen LogP contribution in [0.4, 0.5) is 4.39 Å². The number of tetrazole rings is 1. The summed E-state index contributed by atoms with van der Waals surface area (Å²) in [6.07, 6.45) is 1.45. The number of esters is 1. The number of halogens is 1. The quantitative estimate of drug-likeness (QED) is 0.243. The third kappa shape index (κ3) is 5.24. The summed E-state index contributed by atoms with van der Waals surface area (Å²) in [5, 5.41) is 11.2. The molecule has 3 aromatic carbocycles. The zero-order valence-electron chi connectivity index (χ0n) is 17.7. The van der Waals surface area contributed by atoms with Gasteiger partial charge in [-0.25, -0.2) is 9.18 Å². The molecule has 0 aliphatic heterocycles. The monoisotopic (exact) mass is 442 g/mol. The predicted octanol–water partition coefficient (Wildman–Crippen LogP) is 4.09. The summed E-state index contributed by atoms with van der Waals surface area (Å²) in [5.74, 6) is -0.832. The number of ketones is 1. The first-order valence-corrected chi connectivity index (χ1v) is 10.1. The molecule has 1 heterocycles. The molecule has 0 aliphatic carbocycles. The topological polar surface area (TPSA) is 87.0 Å². The van der Waals surface area contributed by atoms with Crippen molar-refractivity contribution in [1.82, 2.24) is 20.2 Å². The number of rotatable bonds is 7. The van der Waals surface area contributed by atoms with Crippen molar-refractivity contribution in [3.63, 3.8) is 0 Å². The molecule has 1 aromatic heterocycles. The Morgan fingerprint density at radius 1 is 0.970 bits per heavy atom. The second kappa shape index (κ2) is 9.78. The van der Waals surface area contributed by atoms with Crippen LogP contribution in [0.25, 0.3) is 11.8 Å². The number of benzene rings is 3. The van der Waals surface area contributed by atoms with Gasteiger partial charge in [-0.15, -0.1) is 5.10 Å². The Balaban J connectivity index is 1.50. The van der Waals surface area contributed by atoms with Crippen molar-refractivity contribution >= 4 is 23.5 Å². The van der Waals surface area contributed by atoms with Crippen molar-refractivity contribution in [2.24, 2.45) is 0 Å². The summed E-state index contributed by atoms with van der Waals surface area (Å²) in [6.45, 7) is 1.61. The van der Waals surface area contributed by atoms with Crippen molar-refractivity contribution in [3.05, 3.63) is 113 Å². The molecule has 0 saturated heterocycles. The highest BCUT2D eigenvalue weighted by Crippen LogP contribution is 2.17. The Kier molecular flexibility index (Phi) is 6.45. The molecule has 0 amide bonds. The summed E-state index contributed by atoms with van der Waals surface area (Å²) in [6, 6.07) is 21.6. The van der Waals surface area contributed by atoms with Gasteiger partial charge in [-0.1, -0.05) is 66.7 Å². The standard InChI is InChI=1S/C25H19FN4O3/c1-17-27-28-29-30(17)23(15-19-6-5-9-22(26)14-19)25(32)33-16-18-10-12-21(13-11-18)24(31)20-7-3-2-4-8-20/h2-15H,16H2,1H3/b23-15-. The average Bonchev–Trinajstić information content (AvgIpc) is 3.27. The zero-order chi connectivity index (χ0) is 23.2. The van der Waals surface area contributed by atoms with Crippen LogP contribution in [0.1, 0.15) is 32.9 Å². The van der Waals surface area contributed by atoms with E-state index in [0.29, 0.717) is 28.1 Å². The van der Waals surface area contributed by atoms with E-state index in [9.17, 15) is 14.0 Å². The minimum atomic E-state index is -0.681. The van der Waals surface area contributed by atoms with E-state index in [0.717, 1.165) is 0 Å². The van der Waals surface area contributed by atoms with E-state index in [-0.39, 0.29) is 18.1 Å². The fourth-order valence-electron chi connectivity index (χ4n) is 3.15. The van der Waals surface area contributed by atoms with Gasteiger partial charge in [-0.05, 0) is 46.7 Å². The molecule has 4 rings (SSSR count). The van der Waals surface area contributed by atoms with E-state index in [1.54, 1.807) is 49.4 Å². The Bertz CT molecular complexity index is 1320. The lowest BCUT2D eigenvalue weighted by Crippen LogP contribution is -2.15. The van der Waals surface area contributed by atoms with Crippen LogP contribution in [0, 0.1) is 12.7 Å². The number of ether oxygens (including phenoxy) is 1. The molecular weight excluding hydrogens is 423 g/mol. The fourth-order valence-corrected chi connectivity index (χ4v) is 3.15. The van der Waals surface area contributed by atoms with Crippen LogP contribution in [0.5, 0.6) is 0 Å². The largest absolute Gasteiger partial charge is 0.456 e. The van der Waals surface area contributed by atoms with Crippen LogP contribution in [-0.2, 0) is 16.1 Å². The Labute approximate surface area is 189 Å². The number of carbonyl (C=O) groups excluding carboxylic acids is 2. The summed E-state index contributed by atoms with van der Waals surface area (Å²) < 4.78 is 20.3. The van der Waals surface area contributed by atoms with Crippen molar-refractivity contribution in [3.8, 4) is 0 Å². The van der Waals surface area contributed by atoms with Gasteiger partial charge in [0.15, 0.2) is 17.3 Å². The summed E-state index contributed by atoms with van der Waals surface area (Å²) in [5.41, 5.74) is 2.33. The molecule has 0 bridgehead atoms. The van der Waals surface area contributed by atoms with Gasteiger partial charge >= 0.3 is 5.97 Å². The van der Waals surface area contributed by atoms with Crippen LogP contribution in [0.3, 0.4) is 0 Å². The SMILES string of the molecule is Cc1nnnn1/C(=C\c1cccc(F)c1)C(=O)OCc1ccc(C(=O)c2ccccc2)cc1. The van der Waals surface area contributed by atoms with E-state index in [1.807, 2.05) is 18.2 Å². The average molecular weight is 442 g/mol. The Morgan fingerprint density at radius 2 is 1.70 bits per heavy atom. The van der Waals surface area contributed by atoms with Gasteiger partial charge in [0.25, 0.3) is 0 Å². The molecule has 0 radical (unpaired) electrons. The Hall–Kier alpha value is -4.46. The van der Waals surface area contributed by atoms with Gasteiger partial charge in [0, 0.05) is 11.1 Å². The number of aryl methyl sites for hydroxylation is 1. The van der Waals surface area contributed by atoms with Crippen LogP contribution in [-0.4, -0.2) is 32.0 Å². The molecule has 0 N–H and O–H groups in total. The summed E-state index contributed by atoms with van der Waals surface area (Å²) in [4.78, 5) is 25.4. The minimum absolute atomic E-state index is 0.0275. The first kappa shape index (κ1) is 21.8. The van der Waals surface area contributed by atoms with E-state index < -0.39 is 11.8 Å². The van der Waals surface area contributed by atoms with Crippen molar-refractivity contribution in [1.29, 1.82) is 0 Å². The van der Waals surface area contributed by atoms with Crippen LogP contribution >= 0.6 is 0 Å². The molecule has 0 atom stereocenters. The second-order valence-electron chi connectivity index (χ2n) is 7.19. The molecule has 164 valence electrons. The van der Waals surface area contributed by atoms with E-state index in [1.165, 1.54) is 29.0 Å². The lowest BCUT2D eigenvalue weighted by molar-refractivity contribution is -0.138. The van der Waals surface area contributed by atoms with Crippen LogP contribution in [0.15, 0.2) is 78.9 Å². The molecule has 0 saturated carbocycles. The van der Waals surface area contributed by atoms with Crippen molar-refractivity contribution in [2.75, 3.05) is 0 Å². The summed E-state index contributed by atoms with van der Waals surface area (Å²) in [7, 11) is 0. The number of hydrogen-bond donors (Lipinski definition) is 0. The first-order valence-electron chi connectivity index (χ1n) is 10.1. The van der Waals surface area contributed by atoms with Crippen molar-refractivity contribution in [2.45, 2.75) is 13.5 Å². The Morgan fingerprint density at radius 3 is 2.36 bits per heavy atom. The van der Waals surface area contributed by atoms with E-state index in [4.69, 9.17) is 4.74 Å². The van der Waals surface area contributed by atoms with E-state index in [2.05, 4.69) is 15.5 Å². The predicted molar refractivity (Wildman–Crippen MR) is 119 cm³/mol. The normalized spacial score (nSPS) is 11.3. The van der Waals surface area contributed by atoms with Gasteiger partial charge in [0.1, 0.15) is 12.4 Å². The highest BCUT2D eigenvalue weighted by Gasteiger charge is 2.18. The molecule has 0 aliphatic rings. The zero-order valence-corrected chi connectivity index (χ0v) is 17.7. The van der Waals surface area contributed by atoms with Crippen LogP contribution in [0.2, 0.25) is 0 Å². The third-order valence-electron chi connectivity index (χ3n) is 4.84. The molecule has 7 nitrogen and oxygen atoms in total. The smallest absolute Gasteiger partial charge is 0.357 e. The molecule has 33 heavy (non-hydrogen) atoms. The molecule has 0 spiro atoms. The lowest BCUT2D eigenvalue weighted by Gasteiger charge is -2.10. The molecule has 4 aromatic rings. The first-order chi connectivity index (χ1) is 16.0. The van der Waals surface area contributed by atoms with Gasteiger partial charge in [-0.3, -0.25) is 4.79 Å². The highest BCUT2D eigenvalue weighted by atomic mass is 19.1. The maximum Gasteiger partial charge on any atom is 0.357 e. The highest BCUT2D eigenvalue weighted by molar-refractivity contribution is 6.15. The maximum atomic E-state index is 13.6. The number of carbonyl (C=O) groups is 2. The number of hydrogen-bond acceptors (Lipinski definition) is 6. The fraction of sp³-hybridized carbons (Fsp3) is 0.0800. The number of aromatic nitrogens is 4. The van der Waals surface area contributed by atoms with Crippen LogP contribution < -0.4 is 0 Å². The second-order valence-corrected chi connectivity index (χ2v) is 7.19. The van der Waals surface area contributed by atoms with E-state index >= 15 is 0 Å². The van der Waals surface area contributed by atoms with Gasteiger partial charge in [-0.2, -0.15) is 4.68 Å². The number of nitrogens with zero attached hydrogens (tertiary/aromatic N) is 4. The maximum absolute atomic E-state index is 13.6. The summed E-state index contributed by atoms with van der Waals surface area (Å²) >= 11 is 0. The molecule has 0 unspecified atom stereocenters. The van der Waals surface area contributed by atoms with Gasteiger partial charge < -0.3 is 4.74 Å². The van der Waals surface area contributed by atoms with Gasteiger partial charge in [0.05, 0.1) is 0 Å². The lowest BCUT2D eigenvalue weighted by atomic mass is 10.0. The molecular formula is C25H19FN4O3. The molecule has 8 heteroatoms. The molecule has 0 fully saturated rings.